The van der Waals surface area contributed by atoms with Gasteiger partial charge in [0.15, 0.2) is 0 Å². The smallest absolute Gasteiger partial charge is 0.143 e. The first-order chi connectivity index (χ1) is 9.60. The molecule has 0 radical (unpaired) electrons. The van der Waals surface area contributed by atoms with Gasteiger partial charge in [0.1, 0.15) is 18.1 Å². The van der Waals surface area contributed by atoms with Gasteiger partial charge in [0.2, 0.25) is 0 Å². The van der Waals surface area contributed by atoms with Crippen LogP contribution in [0.1, 0.15) is 18.2 Å². The summed E-state index contributed by atoms with van der Waals surface area (Å²) in [6.07, 6.45) is 1.80. The lowest BCUT2D eigenvalue weighted by atomic mass is 10.2. The Kier molecular flexibility index (Phi) is 5.23. The third kappa shape index (κ3) is 3.85. The molecular formula is C13H16Cl2N4O. The van der Waals surface area contributed by atoms with Crippen LogP contribution in [0.4, 0.5) is 0 Å². The Labute approximate surface area is 127 Å². The molecule has 7 heteroatoms. The molecule has 0 fully saturated rings. The van der Waals surface area contributed by atoms with Crippen molar-refractivity contribution in [1.29, 1.82) is 0 Å². The monoisotopic (exact) mass is 314 g/mol. The minimum absolute atomic E-state index is 0.314. The van der Waals surface area contributed by atoms with E-state index in [0.717, 1.165) is 17.8 Å². The average Bonchev–Trinajstić information content (AvgIpc) is 2.80. The number of aryl methyl sites for hydroxylation is 1. The summed E-state index contributed by atoms with van der Waals surface area (Å²) in [4.78, 5) is 0. The van der Waals surface area contributed by atoms with E-state index < -0.39 is 0 Å². The molecule has 0 aliphatic carbocycles. The second kappa shape index (κ2) is 6.92. The van der Waals surface area contributed by atoms with Crippen molar-refractivity contribution in [3.63, 3.8) is 0 Å². The van der Waals surface area contributed by atoms with Gasteiger partial charge in [-0.1, -0.05) is 35.3 Å². The fourth-order valence-corrected chi connectivity index (χ4v) is 2.36. The molecule has 108 valence electrons. The van der Waals surface area contributed by atoms with Crippen LogP contribution >= 0.6 is 23.2 Å². The van der Waals surface area contributed by atoms with Gasteiger partial charge in [0.25, 0.3) is 0 Å². The second-order valence-corrected chi connectivity index (χ2v) is 5.17. The average molecular weight is 315 g/mol. The third-order valence-corrected chi connectivity index (χ3v) is 3.16. The molecule has 0 atom stereocenters. The van der Waals surface area contributed by atoms with Crippen LogP contribution in [0.3, 0.4) is 0 Å². The Morgan fingerprint density at radius 2 is 2.15 bits per heavy atom. The number of aromatic nitrogens is 3. The number of rotatable bonds is 6. The van der Waals surface area contributed by atoms with Crippen LogP contribution < -0.4 is 10.1 Å². The number of hydrogen-bond donors (Lipinski definition) is 1. The number of ether oxygens (including phenoxy) is 1. The molecule has 0 spiro atoms. The molecule has 0 saturated carbocycles. The fourth-order valence-electron chi connectivity index (χ4n) is 1.77. The van der Waals surface area contributed by atoms with Gasteiger partial charge in [-0.15, -0.1) is 5.10 Å². The van der Waals surface area contributed by atoms with E-state index in [1.807, 2.05) is 20.0 Å². The molecule has 1 N–H and O–H groups in total. The maximum Gasteiger partial charge on any atom is 0.143 e. The van der Waals surface area contributed by atoms with Gasteiger partial charge in [-0.25, -0.2) is 0 Å². The van der Waals surface area contributed by atoms with Crippen molar-refractivity contribution >= 4 is 23.2 Å². The first kappa shape index (κ1) is 15.1. The zero-order valence-corrected chi connectivity index (χ0v) is 12.9. The Morgan fingerprint density at radius 3 is 2.80 bits per heavy atom. The third-order valence-electron chi connectivity index (χ3n) is 2.67. The van der Waals surface area contributed by atoms with Crippen molar-refractivity contribution in [1.82, 2.24) is 20.3 Å². The van der Waals surface area contributed by atoms with E-state index in [-0.39, 0.29) is 0 Å². The number of halogens is 2. The van der Waals surface area contributed by atoms with Gasteiger partial charge in [-0.3, -0.25) is 4.68 Å². The summed E-state index contributed by atoms with van der Waals surface area (Å²) in [6, 6.07) is 3.52. The summed E-state index contributed by atoms with van der Waals surface area (Å²) in [7, 11) is 1.81. The predicted molar refractivity (Wildman–Crippen MR) is 79.2 cm³/mol. The van der Waals surface area contributed by atoms with Crippen molar-refractivity contribution in [3.8, 4) is 5.75 Å². The number of hydrogen-bond acceptors (Lipinski definition) is 4. The maximum absolute atomic E-state index is 6.21. The van der Waals surface area contributed by atoms with Crippen molar-refractivity contribution in [2.24, 2.45) is 7.05 Å². The molecule has 5 nitrogen and oxygen atoms in total. The summed E-state index contributed by atoms with van der Waals surface area (Å²) >= 11 is 12.2. The Bertz CT molecular complexity index is 586. The maximum atomic E-state index is 6.21. The standard InChI is InChI=1S/C13H16Cl2N4O/c1-3-16-6-9-4-10(14)5-12(15)13(9)20-8-11-7-19(2)18-17-11/h4-5,7,16H,3,6,8H2,1-2H3. The van der Waals surface area contributed by atoms with E-state index in [4.69, 9.17) is 27.9 Å². The van der Waals surface area contributed by atoms with Crippen LogP contribution in [-0.2, 0) is 20.2 Å². The summed E-state index contributed by atoms with van der Waals surface area (Å²) in [5.74, 6) is 0.627. The van der Waals surface area contributed by atoms with Gasteiger partial charge in [-0.05, 0) is 18.7 Å². The summed E-state index contributed by atoms with van der Waals surface area (Å²) in [5, 5.41) is 12.2. The molecule has 0 aliphatic heterocycles. The van der Waals surface area contributed by atoms with E-state index in [9.17, 15) is 0 Å². The molecule has 1 aromatic carbocycles. The van der Waals surface area contributed by atoms with Crippen molar-refractivity contribution < 1.29 is 4.74 Å². The molecular weight excluding hydrogens is 299 g/mol. The first-order valence-electron chi connectivity index (χ1n) is 6.26. The van der Waals surface area contributed by atoms with E-state index in [1.54, 1.807) is 16.9 Å². The Morgan fingerprint density at radius 1 is 1.35 bits per heavy atom. The van der Waals surface area contributed by atoms with Gasteiger partial charge >= 0.3 is 0 Å². The lowest BCUT2D eigenvalue weighted by Gasteiger charge is -2.13. The molecule has 0 amide bonds. The quantitative estimate of drug-likeness (QED) is 0.890. The fraction of sp³-hybridized carbons (Fsp3) is 0.385. The van der Waals surface area contributed by atoms with Gasteiger partial charge in [0.05, 0.1) is 11.2 Å². The molecule has 0 bridgehead atoms. The summed E-state index contributed by atoms with van der Waals surface area (Å²) in [6.45, 7) is 3.85. The van der Waals surface area contributed by atoms with Crippen LogP contribution in [0.15, 0.2) is 18.3 Å². The number of nitrogens with zero attached hydrogens (tertiary/aromatic N) is 3. The van der Waals surface area contributed by atoms with Crippen LogP contribution in [0.25, 0.3) is 0 Å². The molecule has 1 heterocycles. The highest BCUT2D eigenvalue weighted by Crippen LogP contribution is 2.33. The lowest BCUT2D eigenvalue weighted by Crippen LogP contribution is -2.13. The molecule has 0 aliphatic rings. The molecule has 2 rings (SSSR count). The van der Waals surface area contributed by atoms with Gasteiger partial charge < -0.3 is 10.1 Å². The normalized spacial score (nSPS) is 10.8. The zero-order valence-electron chi connectivity index (χ0n) is 11.4. The summed E-state index contributed by atoms with van der Waals surface area (Å²) < 4.78 is 7.40. The van der Waals surface area contributed by atoms with Crippen molar-refractivity contribution in [2.45, 2.75) is 20.1 Å². The topological polar surface area (TPSA) is 52.0 Å². The molecule has 0 saturated heterocycles. The SMILES string of the molecule is CCNCc1cc(Cl)cc(Cl)c1OCc1cn(C)nn1. The van der Waals surface area contributed by atoms with Crippen molar-refractivity contribution in [2.75, 3.05) is 6.54 Å². The van der Waals surface area contributed by atoms with Crippen LogP contribution in [-0.4, -0.2) is 21.5 Å². The van der Waals surface area contributed by atoms with Crippen LogP contribution in [0, 0.1) is 0 Å². The largest absolute Gasteiger partial charge is 0.485 e. The molecule has 2 aromatic rings. The van der Waals surface area contributed by atoms with Crippen LogP contribution in [0.5, 0.6) is 5.75 Å². The predicted octanol–water partition coefficient (Wildman–Crippen LogP) is 2.81. The zero-order chi connectivity index (χ0) is 14.5. The van der Waals surface area contributed by atoms with E-state index in [0.29, 0.717) is 28.9 Å². The van der Waals surface area contributed by atoms with Crippen molar-refractivity contribution in [3.05, 3.63) is 39.6 Å². The molecule has 1 aromatic heterocycles. The first-order valence-corrected chi connectivity index (χ1v) is 7.02. The number of benzene rings is 1. The minimum atomic E-state index is 0.314. The summed E-state index contributed by atoms with van der Waals surface area (Å²) in [5.41, 5.74) is 1.67. The highest BCUT2D eigenvalue weighted by Gasteiger charge is 2.11. The lowest BCUT2D eigenvalue weighted by molar-refractivity contribution is 0.297. The van der Waals surface area contributed by atoms with E-state index >= 15 is 0 Å². The number of nitrogens with one attached hydrogen (secondary N) is 1. The molecule has 0 unspecified atom stereocenters. The minimum Gasteiger partial charge on any atom is -0.485 e. The Balaban J connectivity index is 2.16. The highest BCUT2D eigenvalue weighted by molar-refractivity contribution is 6.35. The van der Waals surface area contributed by atoms with E-state index in [2.05, 4.69) is 15.6 Å². The Hall–Kier alpha value is -1.30. The highest BCUT2D eigenvalue weighted by atomic mass is 35.5. The molecule has 20 heavy (non-hydrogen) atoms. The second-order valence-electron chi connectivity index (χ2n) is 4.33. The van der Waals surface area contributed by atoms with Gasteiger partial charge in [0, 0.05) is 24.2 Å². The van der Waals surface area contributed by atoms with Gasteiger partial charge in [-0.2, -0.15) is 0 Å². The van der Waals surface area contributed by atoms with Crippen LogP contribution in [0.2, 0.25) is 10.0 Å². The van der Waals surface area contributed by atoms with E-state index in [1.165, 1.54) is 0 Å².